The molecule has 0 atom stereocenters. The first-order valence-corrected chi connectivity index (χ1v) is 7.72. The topological polar surface area (TPSA) is 28.2 Å². The number of rotatable bonds is 6. The Morgan fingerprint density at radius 2 is 1.80 bits per heavy atom. The molecule has 1 aromatic heterocycles. The van der Waals surface area contributed by atoms with Crippen LogP contribution in [-0.4, -0.2) is 23.6 Å². The molecule has 0 aliphatic carbocycles. The van der Waals surface area contributed by atoms with Gasteiger partial charge in [0.25, 0.3) is 0 Å². The van der Waals surface area contributed by atoms with E-state index in [1.165, 1.54) is 5.56 Å². The Kier molecular flexibility index (Phi) is 6.00. The molecular formula is C17H31N3. The number of aryl methyl sites for hydroxylation is 1. The van der Waals surface area contributed by atoms with Crippen molar-refractivity contribution in [2.45, 2.75) is 72.5 Å². The van der Waals surface area contributed by atoms with Crippen LogP contribution in [0.5, 0.6) is 0 Å². The Morgan fingerprint density at radius 1 is 1.20 bits per heavy atom. The van der Waals surface area contributed by atoms with Crippen molar-refractivity contribution in [3.63, 3.8) is 0 Å². The highest BCUT2D eigenvalue weighted by molar-refractivity contribution is 5.43. The van der Waals surface area contributed by atoms with Gasteiger partial charge in [-0.05, 0) is 58.2 Å². The van der Waals surface area contributed by atoms with E-state index in [9.17, 15) is 0 Å². The summed E-state index contributed by atoms with van der Waals surface area (Å²) in [5.74, 6) is 1.09. The van der Waals surface area contributed by atoms with Gasteiger partial charge in [-0.15, -0.1) is 0 Å². The Balaban J connectivity index is 2.90. The van der Waals surface area contributed by atoms with Crippen molar-refractivity contribution in [3.05, 3.63) is 23.4 Å². The zero-order valence-electron chi connectivity index (χ0n) is 14.2. The summed E-state index contributed by atoms with van der Waals surface area (Å²) in [6, 6.07) is 4.94. The van der Waals surface area contributed by atoms with Crippen LogP contribution in [0.1, 0.15) is 58.7 Å². The van der Waals surface area contributed by atoms with E-state index >= 15 is 0 Å². The average molecular weight is 277 g/mol. The van der Waals surface area contributed by atoms with E-state index in [-0.39, 0.29) is 5.54 Å². The van der Waals surface area contributed by atoms with Gasteiger partial charge in [0.1, 0.15) is 5.82 Å². The van der Waals surface area contributed by atoms with Crippen LogP contribution in [0.15, 0.2) is 12.1 Å². The molecule has 0 saturated carbocycles. The van der Waals surface area contributed by atoms with Gasteiger partial charge < -0.3 is 10.2 Å². The van der Waals surface area contributed by atoms with Gasteiger partial charge in [-0.1, -0.05) is 13.8 Å². The molecule has 1 N–H and O–H groups in total. The highest BCUT2D eigenvalue weighted by Crippen LogP contribution is 2.19. The zero-order valence-corrected chi connectivity index (χ0v) is 14.2. The van der Waals surface area contributed by atoms with Gasteiger partial charge in [-0.25, -0.2) is 4.98 Å². The first kappa shape index (κ1) is 17.0. The Bertz CT molecular complexity index is 417. The molecule has 0 bridgehead atoms. The molecule has 20 heavy (non-hydrogen) atoms. The van der Waals surface area contributed by atoms with E-state index in [2.05, 4.69) is 70.9 Å². The van der Waals surface area contributed by atoms with Crippen LogP contribution in [0.2, 0.25) is 0 Å². The molecule has 114 valence electrons. The number of anilines is 1. The Hall–Kier alpha value is -1.09. The number of aromatic nitrogens is 1. The van der Waals surface area contributed by atoms with Gasteiger partial charge in [0.2, 0.25) is 0 Å². The molecule has 1 rings (SSSR count). The number of pyridine rings is 1. The van der Waals surface area contributed by atoms with E-state index in [1.807, 2.05) is 0 Å². The van der Waals surface area contributed by atoms with E-state index in [0.717, 1.165) is 30.9 Å². The van der Waals surface area contributed by atoms with Crippen LogP contribution in [0, 0.1) is 6.92 Å². The largest absolute Gasteiger partial charge is 0.357 e. The van der Waals surface area contributed by atoms with E-state index in [0.29, 0.717) is 6.04 Å². The molecule has 0 aliphatic heterocycles. The first-order chi connectivity index (χ1) is 9.26. The summed E-state index contributed by atoms with van der Waals surface area (Å²) in [5.41, 5.74) is 2.53. The van der Waals surface area contributed by atoms with Crippen molar-refractivity contribution in [2.75, 3.05) is 11.9 Å². The molecular weight excluding hydrogens is 246 g/mol. The summed E-state index contributed by atoms with van der Waals surface area (Å²) in [6.07, 6.45) is 2.30. The van der Waals surface area contributed by atoms with Crippen LogP contribution in [0.3, 0.4) is 0 Å². The third kappa shape index (κ3) is 5.12. The van der Waals surface area contributed by atoms with Gasteiger partial charge in [0.05, 0.1) is 0 Å². The van der Waals surface area contributed by atoms with E-state index in [1.54, 1.807) is 0 Å². The van der Waals surface area contributed by atoms with Crippen LogP contribution < -0.4 is 10.2 Å². The standard InChI is InChI=1S/C17H31N3/c1-8-15(9-2)20(7)16-11-14(10-13(3)19-16)12-18-17(4,5)6/h10-11,15,18H,8-9,12H2,1-7H3. The fourth-order valence-electron chi connectivity index (χ4n) is 2.39. The normalized spacial score (nSPS) is 12.0. The summed E-state index contributed by atoms with van der Waals surface area (Å²) in [7, 11) is 2.15. The Morgan fingerprint density at radius 3 is 2.30 bits per heavy atom. The van der Waals surface area contributed by atoms with Crippen molar-refractivity contribution >= 4 is 5.82 Å². The lowest BCUT2D eigenvalue weighted by atomic mass is 10.1. The Labute approximate surface area is 124 Å². The second kappa shape index (κ2) is 7.07. The van der Waals surface area contributed by atoms with Crippen molar-refractivity contribution < 1.29 is 0 Å². The van der Waals surface area contributed by atoms with E-state index in [4.69, 9.17) is 4.98 Å². The molecule has 0 aromatic carbocycles. The molecule has 0 unspecified atom stereocenters. The number of nitrogens with one attached hydrogen (secondary N) is 1. The molecule has 3 nitrogen and oxygen atoms in total. The van der Waals surface area contributed by atoms with Crippen LogP contribution in [0.25, 0.3) is 0 Å². The van der Waals surface area contributed by atoms with Gasteiger partial charge in [-0.3, -0.25) is 0 Å². The third-order valence-electron chi connectivity index (χ3n) is 3.67. The maximum atomic E-state index is 4.69. The smallest absolute Gasteiger partial charge is 0.129 e. The summed E-state index contributed by atoms with van der Waals surface area (Å²) in [4.78, 5) is 7.01. The molecule has 0 amide bonds. The molecule has 0 saturated heterocycles. The predicted molar refractivity (Wildman–Crippen MR) is 88.3 cm³/mol. The second-order valence-electron chi connectivity index (χ2n) is 6.66. The second-order valence-corrected chi connectivity index (χ2v) is 6.66. The fraction of sp³-hybridized carbons (Fsp3) is 0.706. The van der Waals surface area contributed by atoms with Gasteiger partial charge in [-0.2, -0.15) is 0 Å². The number of hydrogen-bond donors (Lipinski definition) is 1. The molecule has 1 aromatic rings. The van der Waals surface area contributed by atoms with Crippen molar-refractivity contribution in [1.82, 2.24) is 10.3 Å². The van der Waals surface area contributed by atoms with Crippen LogP contribution in [-0.2, 0) is 6.54 Å². The monoisotopic (exact) mass is 277 g/mol. The number of nitrogens with zero attached hydrogens (tertiary/aromatic N) is 2. The highest BCUT2D eigenvalue weighted by atomic mass is 15.2. The van der Waals surface area contributed by atoms with Gasteiger partial charge in [0.15, 0.2) is 0 Å². The molecule has 0 spiro atoms. The predicted octanol–water partition coefficient (Wildman–Crippen LogP) is 3.90. The van der Waals surface area contributed by atoms with E-state index < -0.39 is 0 Å². The lowest BCUT2D eigenvalue weighted by Crippen LogP contribution is -2.35. The molecule has 3 heteroatoms. The lowest BCUT2D eigenvalue weighted by Gasteiger charge is -2.28. The van der Waals surface area contributed by atoms with Gasteiger partial charge in [0, 0.05) is 30.9 Å². The summed E-state index contributed by atoms with van der Waals surface area (Å²) < 4.78 is 0. The van der Waals surface area contributed by atoms with Gasteiger partial charge >= 0.3 is 0 Å². The third-order valence-corrected chi connectivity index (χ3v) is 3.67. The first-order valence-electron chi connectivity index (χ1n) is 7.72. The van der Waals surface area contributed by atoms with Crippen LogP contribution >= 0.6 is 0 Å². The summed E-state index contributed by atoms with van der Waals surface area (Å²) in [6.45, 7) is 14.0. The molecule has 0 aliphatic rings. The molecule has 0 radical (unpaired) electrons. The summed E-state index contributed by atoms with van der Waals surface area (Å²) in [5, 5.41) is 3.54. The molecule has 0 fully saturated rings. The SMILES string of the molecule is CCC(CC)N(C)c1cc(CNC(C)(C)C)cc(C)n1. The van der Waals surface area contributed by atoms with Crippen LogP contribution in [0.4, 0.5) is 5.82 Å². The van der Waals surface area contributed by atoms with Crippen molar-refractivity contribution in [1.29, 1.82) is 0 Å². The zero-order chi connectivity index (χ0) is 15.3. The minimum atomic E-state index is 0.138. The lowest BCUT2D eigenvalue weighted by molar-refractivity contribution is 0.424. The highest BCUT2D eigenvalue weighted by Gasteiger charge is 2.14. The maximum Gasteiger partial charge on any atom is 0.129 e. The fourth-order valence-corrected chi connectivity index (χ4v) is 2.39. The number of hydrogen-bond acceptors (Lipinski definition) is 3. The van der Waals surface area contributed by atoms with Crippen molar-refractivity contribution in [2.24, 2.45) is 0 Å². The summed E-state index contributed by atoms with van der Waals surface area (Å²) >= 11 is 0. The minimum absolute atomic E-state index is 0.138. The molecule has 1 heterocycles. The van der Waals surface area contributed by atoms with Crippen molar-refractivity contribution in [3.8, 4) is 0 Å². The quantitative estimate of drug-likeness (QED) is 0.854. The minimum Gasteiger partial charge on any atom is -0.357 e. The maximum absolute atomic E-state index is 4.69. The average Bonchev–Trinajstić information content (AvgIpc) is 2.36.